The van der Waals surface area contributed by atoms with Crippen LogP contribution >= 0.6 is 0 Å². The SMILES string of the molecule is CCC/C=C/CC(C(C)=O)C(=O)OCC. The van der Waals surface area contributed by atoms with Crippen molar-refractivity contribution in [3.8, 4) is 0 Å². The molecule has 0 aromatic rings. The Kier molecular flexibility index (Phi) is 7.60. The fourth-order valence-electron chi connectivity index (χ4n) is 1.19. The number of ketones is 1. The van der Waals surface area contributed by atoms with Crippen LogP contribution in [-0.4, -0.2) is 18.4 Å². The van der Waals surface area contributed by atoms with Crippen molar-refractivity contribution in [2.24, 2.45) is 5.92 Å². The van der Waals surface area contributed by atoms with Crippen molar-refractivity contribution >= 4 is 11.8 Å². The zero-order valence-electron chi connectivity index (χ0n) is 9.79. The van der Waals surface area contributed by atoms with E-state index >= 15 is 0 Å². The van der Waals surface area contributed by atoms with Crippen molar-refractivity contribution in [2.45, 2.75) is 40.0 Å². The summed E-state index contributed by atoms with van der Waals surface area (Å²) < 4.78 is 4.83. The van der Waals surface area contributed by atoms with E-state index in [0.717, 1.165) is 12.8 Å². The van der Waals surface area contributed by atoms with Crippen LogP contribution in [0.15, 0.2) is 12.2 Å². The van der Waals surface area contributed by atoms with Crippen molar-refractivity contribution in [3.05, 3.63) is 12.2 Å². The molecule has 15 heavy (non-hydrogen) atoms. The molecule has 3 heteroatoms. The Hall–Kier alpha value is -1.12. The molecule has 0 saturated carbocycles. The van der Waals surface area contributed by atoms with Gasteiger partial charge in [0, 0.05) is 0 Å². The fraction of sp³-hybridized carbons (Fsp3) is 0.667. The van der Waals surface area contributed by atoms with E-state index in [1.165, 1.54) is 6.92 Å². The number of Topliss-reactive ketones (excluding diaryl/α,β-unsaturated/α-hetero) is 1. The van der Waals surface area contributed by atoms with Crippen molar-refractivity contribution in [2.75, 3.05) is 6.61 Å². The van der Waals surface area contributed by atoms with Crippen LogP contribution in [0.4, 0.5) is 0 Å². The molecule has 0 N–H and O–H groups in total. The molecule has 0 radical (unpaired) electrons. The fourth-order valence-corrected chi connectivity index (χ4v) is 1.19. The zero-order chi connectivity index (χ0) is 11.7. The third kappa shape index (κ3) is 6.05. The van der Waals surface area contributed by atoms with Gasteiger partial charge in [-0.25, -0.2) is 0 Å². The molecule has 0 aliphatic heterocycles. The third-order valence-electron chi connectivity index (χ3n) is 2.06. The Morgan fingerprint density at radius 1 is 1.27 bits per heavy atom. The highest BCUT2D eigenvalue weighted by molar-refractivity contribution is 5.97. The average molecular weight is 212 g/mol. The molecule has 0 rings (SSSR count). The van der Waals surface area contributed by atoms with Gasteiger partial charge < -0.3 is 4.74 Å². The summed E-state index contributed by atoms with van der Waals surface area (Å²) in [5, 5.41) is 0. The minimum atomic E-state index is -0.627. The van der Waals surface area contributed by atoms with Crippen molar-refractivity contribution in [3.63, 3.8) is 0 Å². The highest BCUT2D eigenvalue weighted by Gasteiger charge is 2.22. The predicted molar refractivity (Wildman–Crippen MR) is 59.5 cm³/mol. The van der Waals surface area contributed by atoms with Gasteiger partial charge in [0.25, 0.3) is 0 Å². The molecule has 86 valence electrons. The van der Waals surface area contributed by atoms with E-state index < -0.39 is 11.9 Å². The lowest BCUT2D eigenvalue weighted by Crippen LogP contribution is -2.23. The molecule has 0 aromatic heterocycles. The normalized spacial score (nSPS) is 12.7. The van der Waals surface area contributed by atoms with Gasteiger partial charge >= 0.3 is 5.97 Å². The van der Waals surface area contributed by atoms with Gasteiger partial charge in [0.15, 0.2) is 0 Å². The molecule has 3 nitrogen and oxygen atoms in total. The van der Waals surface area contributed by atoms with Gasteiger partial charge in [-0.1, -0.05) is 25.5 Å². The first-order chi connectivity index (χ1) is 7.13. The predicted octanol–water partition coefficient (Wildman–Crippen LogP) is 2.50. The largest absolute Gasteiger partial charge is 0.465 e. The molecular weight excluding hydrogens is 192 g/mol. The minimum Gasteiger partial charge on any atom is -0.465 e. The molecule has 0 saturated heterocycles. The van der Waals surface area contributed by atoms with E-state index in [1.807, 2.05) is 12.2 Å². The van der Waals surface area contributed by atoms with Crippen LogP contribution in [-0.2, 0) is 14.3 Å². The summed E-state index contributed by atoms with van der Waals surface area (Å²) in [4.78, 5) is 22.6. The number of ether oxygens (including phenoxy) is 1. The smallest absolute Gasteiger partial charge is 0.316 e. The van der Waals surface area contributed by atoms with Gasteiger partial charge in [0.2, 0.25) is 0 Å². The van der Waals surface area contributed by atoms with Gasteiger partial charge in [0.1, 0.15) is 11.7 Å². The Morgan fingerprint density at radius 2 is 1.93 bits per heavy atom. The topological polar surface area (TPSA) is 43.4 Å². The maximum absolute atomic E-state index is 11.4. The van der Waals surface area contributed by atoms with E-state index in [2.05, 4.69) is 6.92 Å². The van der Waals surface area contributed by atoms with Gasteiger partial charge in [-0.2, -0.15) is 0 Å². The second-order valence-electron chi connectivity index (χ2n) is 3.41. The van der Waals surface area contributed by atoms with Gasteiger partial charge in [0.05, 0.1) is 6.61 Å². The van der Waals surface area contributed by atoms with E-state index in [-0.39, 0.29) is 5.78 Å². The summed E-state index contributed by atoms with van der Waals surface area (Å²) in [5.41, 5.74) is 0. The van der Waals surface area contributed by atoms with E-state index in [1.54, 1.807) is 6.92 Å². The molecule has 0 aromatic carbocycles. The number of carbonyl (C=O) groups is 2. The molecule has 0 heterocycles. The number of carbonyl (C=O) groups excluding carboxylic acids is 2. The van der Waals surface area contributed by atoms with Crippen molar-refractivity contribution < 1.29 is 14.3 Å². The first-order valence-electron chi connectivity index (χ1n) is 5.45. The molecule has 0 fully saturated rings. The molecule has 0 aliphatic rings. The van der Waals surface area contributed by atoms with Crippen LogP contribution in [0.25, 0.3) is 0 Å². The first-order valence-corrected chi connectivity index (χ1v) is 5.45. The maximum Gasteiger partial charge on any atom is 0.316 e. The molecule has 0 spiro atoms. The van der Waals surface area contributed by atoms with Crippen LogP contribution in [0.2, 0.25) is 0 Å². The lowest BCUT2D eigenvalue weighted by molar-refractivity contribution is -0.150. The first kappa shape index (κ1) is 13.9. The summed E-state index contributed by atoms with van der Waals surface area (Å²) in [6.07, 6.45) is 6.38. The molecule has 0 aliphatic carbocycles. The van der Waals surface area contributed by atoms with Crippen LogP contribution in [0.1, 0.15) is 40.0 Å². The lowest BCUT2D eigenvalue weighted by atomic mass is 10.0. The molecule has 0 bridgehead atoms. The van der Waals surface area contributed by atoms with E-state index in [0.29, 0.717) is 13.0 Å². The molecule has 1 atom stereocenters. The highest BCUT2D eigenvalue weighted by atomic mass is 16.5. The standard InChI is InChI=1S/C12H20O3/c1-4-6-7-8-9-11(10(3)13)12(14)15-5-2/h7-8,11H,4-6,9H2,1-3H3/b8-7+. The average Bonchev–Trinajstić information content (AvgIpc) is 2.17. The Morgan fingerprint density at radius 3 is 2.40 bits per heavy atom. The van der Waals surface area contributed by atoms with Crippen molar-refractivity contribution in [1.29, 1.82) is 0 Å². The number of hydrogen-bond donors (Lipinski definition) is 0. The number of unbranched alkanes of at least 4 members (excludes halogenated alkanes) is 1. The van der Waals surface area contributed by atoms with Crippen LogP contribution < -0.4 is 0 Å². The molecule has 1 unspecified atom stereocenters. The van der Waals surface area contributed by atoms with Gasteiger partial charge in [-0.05, 0) is 26.7 Å². The van der Waals surface area contributed by atoms with E-state index in [9.17, 15) is 9.59 Å². The van der Waals surface area contributed by atoms with Gasteiger partial charge in [-0.3, -0.25) is 9.59 Å². The van der Waals surface area contributed by atoms with Crippen molar-refractivity contribution in [1.82, 2.24) is 0 Å². The van der Waals surface area contributed by atoms with E-state index in [4.69, 9.17) is 4.74 Å². The summed E-state index contributed by atoms with van der Waals surface area (Å²) in [7, 11) is 0. The number of hydrogen-bond acceptors (Lipinski definition) is 3. The number of esters is 1. The third-order valence-corrected chi connectivity index (χ3v) is 2.06. The van der Waals surface area contributed by atoms with Crippen LogP contribution in [0.3, 0.4) is 0 Å². The highest BCUT2D eigenvalue weighted by Crippen LogP contribution is 2.09. The zero-order valence-corrected chi connectivity index (χ0v) is 9.79. The quantitative estimate of drug-likeness (QED) is 0.370. The summed E-state index contributed by atoms with van der Waals surface area (Å²) >= 11 is 0. The molecular formula is C12H20O3. The Labute approximate surface area is 91.5 Å². The van der Waals surface area contributed by atoms with Gasteiger partial charge in [-0.15, -0.1) is 0 Å². The summed E-state index contributed by atoms with van der Waals surface area (Å²) in [6, 6.07) is 0. The van der Waals surface area contributed by atoms with Crippen LogP contribution in [0, 0.1) is 5.92 Å². The monoisotopic (exact) mass is 212 g/mol. The number of rotatable bonds is 7. The Balaban J connectivity index is 4.16. The molecule has 0 amide bonds. The number of allylic oxidation sites excluding steroid dienone is 2. The minimum absolute atomic E-state index is 0.130. The maximum atomic E-state index is 11.4. The van der Waals surface area contributed by atoms with Crippen LogP contribution in [0.5, 0.6) is 0 Å². The lowest BCUT2D eigenvalue weighted by Gasteiger charge is -2.09. The summed E-state index contributed by atoms with van der Waals surface area (Å²) in [5.74, 6) is -1.17. The second-order valence-corrected chi connectivity index (χ2v) is 3.41. The second kappa shape index (κ2) is 8.21. The Bertz CT molecular complexity index is 231. The summed E-state index contributed by atoms with van der Waals surface area (Å²) in [6.45, 7) is 5.57.